The van der Waals surface area contributed by atoms with Crippen molar-refractivity contribution in [1.82, 2.24) is 4.90 Å². The molecule has 2 N–H and O–H groups in total. The highest BCUT2D eigenvalue weighted by atomic mass is 16.3. The molecule has 3 nitrogen and oxygen atoms in total. The number of aliphatic hydroxyl groups is 2. The predicted octanol–water partition coefficient (Wildman–Crippen LogP) is 5.19. The minimum absolute atomic E-state index is 0.216. The maximum absolute atomic E-state index is 10.5. The molecule has 0 aliphatic heterocycles. The second-order valence-electron chi connectivity index (χ2n) is 9.79. The Morgan fingerprint density at radius 2 is 2.00 bits per heavy atom. The molecule has 6 atom stereocenters. The van der Waals surface area contributed by atoms with Crippen LogP contribution in [0, 0.1) is 23.7 Å². The molecule has 3 heteroatoms. The van der Waals surface area contributed by atoms with Crippen LogP contribution in [0.4, 0.5) is 0 Å². The number of allylic oxidation sites excluding steroid dienone is 2. The van der Waals surface area contributed by atoms with Crippen LogP contribution < -0.4 is 0 Å². The molecular weight excluding hydrogens is 346 g/mol. The molecule has 28 heavy (non-hydrogen) atoms. The maximum atomic E-state index is 10.5. The first-order valence-electron chi connectivity index (χ1n) is 11.8. The van der Waals surface area contributed by atoms with E-state index in [9.17, 15) is 10.2 Å². The van der Waals surface area contributed by atoms with E-state index in [0.717, 1.165) is 19.3 Å². The van der Waals surface area contributed by atoms with Gasteiger partial charge in [-0.15, -0.1) is 0 Å². The zero-order valence-electron chi connectivity index (χ0n) is 18.8. The van der Waals surface area contributed by atoms with Crippen molar-refractivity contribution in [1.29, 1.82) is 0 Å². The summed E-state index contributed by atoms with van der Waals surface area (Å²) in [5.41, 5.74) is 1.61. The first kappa shape index (κ1) is 23.6. The second-order valence-corrected chi connectivity index (χ2v) is 9.79. The molecular formula is C25H45NO2. The summed E-state index contributed by atoms with van der Waals surface area (Å²) in [5.74, 6) is 1.87. The smallest absolute Gasteiger partial charge is 0.0723 e. The molecule has 0 saturated heterocycles. The Labute approximate surface area is 173 Å². The van der Waals surface area contributed by atoms with Crippen LogP contribution >= 0.6 is 0 Å². The number of unbranched alkanes of at least 4 members (excludes halogenated alkanes) is 3. The lowest BCUT2D eigenvalue weighted by Gasteiger charge is -2.19. The lowest BCUT2D eigenvalue weighted by atomic mass is 9.88. The SMILES string of the molecule is CCCC[C@H](C)C[C@H](O)/C=C/[C@@H]1[C@H]2CC(CCCCCN(C)C)=C[C@H]2C[C@H]1O. The Hall–Kier alpha value is -0.640. The van der Waals surface area contributed by atoms with Crippen LogP contribution in [-0.2, 0) is 0 Å². The third-order valence-corrected chi connectivity index (χ3v) is 6.80. The van der Waals surface area contributed by atoms with Crippen LogP contribution in [0.5, 0.6) is 0 Å². The molecule has 0 spiro atoms. The highest BCUT2D eigenvalue weighted by Gasteiger charge is 2.43. The quantitative estimate of drug-likeness (QED) is 0.336. The van der Waals surface area contributed by atoms with Gasteiger partial charge in [0.15, 0.2) is 0 Å². The van der Waals surface area contributed by atoms with Crippen molar-refractivity contribution >= 4 is 0 Å². The van der Waals surface area contributed by atoms with Crippen molar-refractivity contribution in [3.63, 3.8) is 0 Å². The van der Waals surface area contributed by atoms with Gasteiger partial charge in [0.2, 0.25) is 0 Å². The fourth-order valence-corrected chi connectivity index (χ4v) is 5.17. The van der Waals surface area contributed by atoms with Gasteiger partial charge in [-0.2, -0.15) is 0 Å². The maximum Gasteiger partial charge on any atom is 0.0723 e. The number of rotatable bonds is 13. The number of hydrogen-bond donors (Lipinski definition) is 2. The highest BCUT2D eigenvalue weighted by Crippen LogP contribution is 2.48. The van der Waals surface area contributed by atoms with Crippen LogP contribution in [0.25, 0.3) is 0 Å². The summed E-state index contributed by atoms with van der Waals surface area (Å²) < 4.78 is 0. The monoisotopic (exact) mass is 391 g/mol. The second kappa shape index (κ2) is 12.1. The third kappa shape index (κ3) is 7.65. The van der Waals surface area contributed by atoms with E-state index in [0.29, 0.717) is 17.8 Å². The van der Waals surface area contributed by atoms with Gasteiger partial charge in [-0.25, -0.2) is 0 Å². The van der Waals surface area contributed by atoms with Gasteiger partial charge in [-0.1, -0.05) is 63.3 Å². The lowest BCUT2D eigenvalue weighted by molar-refractivity contribution is 0.139. The van der Waals surface area contributed by atoms with E-state index in [-0.39, 0.29) is 18.1 Å². The van der Waals surface area contributed by atoms with Gasteiger partial charge in [-0.3, -0.25) is 0 Å². The standard InChI is InChI=1S/C25H45NO2/c1-5-6-10-19(2)15-22(27)12-13-23-24-17-20(16-21(24)18-25(23)28)11-8-7-9-14-26(3)4/h12-13,16,19,21-25,27-28H,5-11,14-15,17-18H2,1-4H3/b13-12+/t19-,21-,22+,23+,24-,25+/m0/s1. The van der Waals surface area contributed by atoms with Gasteiger partial charge in [0.05, 0.1) is 12.2 Å². The predicted molar refractivity (Wildman–Crippen MR) is 119 cm³/mol. The Bertz CT molecular complexity index is 499. The van der Waals surface area contributed by atoms with Crippen molar-refractivity contribution in [2.45, 2.75) is 90.3 Å². The van der Waals surface area contributed by atoms with Gasteiger partial charge < -0.3 is 15.1 Å². The summed E-state index contributed by atoms with van der Waals surface area (Å²) in [6.07, 6.45) is 17.6. The van der Waals surface area contributed by atoms with Crippen molar-refractivity contribution in [3.8, 4) is 0 Å². The molecule has 0 bridgehead atoms. The average Bonchev–Trinajstić information content (AvgIpc) is 3.14. The van der Waals surface area contributed by atoms with Gasteiger partial charge in [0.25, 0.3) is 0 Å². The van der Waals surface area contributed by atoms with Gasteiger partial charge in [0, 0.05) is 5.92 Å². The van der Waals surface area contributed by atoms with Crippen molar-refractivity contribution in [3.05, 3.63) is 23.8 Å². The molecule has 2 aliphatic carbocycles. The van der Waals surface area contributed by atoms with E-state index < -0.39 is 0 Å². The fourth-order valence-electron chi connectivity index (χ4n) is 5.17. The highest BCUT2D eigenvalue weighted by molar-refractivity contribution is 5.21. The molecule has 0 amide bonds. The first-order chi connectivity index (χ1) is 13.4. The molecule has 1 fully saturated rings. The van der Waals surface area contributed by atoms with Crippen LogP contribution in [0.3, 0.4) is 0 Å². The minimum Gasteiger partial charge on any atom is -0.392 e. The van der Waals surface area contributed by atoms with Crippen LogP contribution in [0.2, 0.25) is 0 Å². The zero-order chi connectivity index (χ0) is 20.5. The van der Waals surface area contributed by atoms with E-state index in [4.69, 9.17) is 0 Å². The average molecular weight is 392 g/mol. The van der Waals surface area contributed by atoms with Crippen LogP contribution in [0.15, 0.2) is 23.8 Å². The molecule has 0 unspecified atom stereocenters. The number of nitrogens with zero attached hydrogens (tertiary/aromatic N) is 1. The van der Waals surface area contributed by atoms with E-state index in [1.807, 2.05) is 6.08 Å². The normalized spacial score (nSPS) is 29.5. The number of fused-ring (bicyclic) bond motifs is 1. The molecule has 2 rings (SSSR count). The van der Waals surface area contributed by atoms with Crippen molar-refractivity contribution in [2.75, 3.05) is 20.6 Å². The summed E-state index contributed by atoms with van der Waals surface area (Å²) in [6.45, 7) is 5.64. The minimum atomic E-state index is -0.372. The van der Waals surface area contributed by atoms with Crippen molar-refractivity contribution < 1.29 is 10.2 Å². The van der Waals surface area contributed by atoms with E-state index in [1.54, 1.807) is 5.57 Å². The molecule has 0 radical (unpaired) electrons. The first-order valence-corrected chi connectivity index (χ1v) is 11.8. The Kier molecular flexibility index (Phi) is 10.3. The van der Waals surface area contributed by atoms with Crippen molar-refractivity contribution in [2.24, 2.45) is 23.7 Å². The molecule has 0 aromatic carbocycles. The summed E-state index contributed by atoms with van der Waals surface area (Å²) in [6, 6.07) is 0. The molecule has 0 aromatic heterocycles. The Morgan fingerprint density at radius 3 is 2.71 bits per heavy atom. The molecule has 162 valence electrons. The molecule has 0 aromatic rings. The lowest BCUT2D eigenvalue weighted by Crippen LogP contribution is -2.18. The van der Waals surface area contributed by atoms with Crippen LogP contribution in [-0.4, -0.2) is 48.0 Å². The third-order valence-electron chi connectivity index (χ3n) is 6.80. The zero-order valence-corrected chi connectivity index (χ0v) is 18.8. The molecule has 2 aliphatic rings. The molecule has 1 saturated carbocycles. The number of aliphatic hydroxyl groups excluding tert-OH is 2. The van der Waals surface area contributed by atoms with E-state index >= 15 is 0 Å². The van der Waals surface area contributed by atoms with Gasteiger partial charge in [-0.05, 0) is 76.9 Å². The summed E-state index contributed by atoms with van der Waals surface area (Å²) >= 11 is 0. The van der Waals surface area contributed by atoms with E-state index in [2.05, 4.69) is 45.0 Å². The van der Waals surface area contributed by atoms with E-state index in [1.165, 1.54) is 51.5 Å². The summed E-state index contributed by atoms with van der Waals surface area (Å²) in [7, 11) is 4.28. The van der Waals surface area contributed by atoms with Crippen LogP contribution in [0.1, 0.15) is 78.1 Å². The van der Waals surface area contributed by atoms with Gasteiger partial charge in [0.1, 0.15) is 0 Å². The Balaban J connectivity index is 1.75. The van der Waals surface area contributed by atoms with Gasteiger partial charge >= 0.3 is 0 Å². The summed E-state index contributed by atoms with van der Waals surface area (Å²) in [4.78, 5) is 2.26. The topological polar surface area (TPSA) is 43.7 Å². The molecule has 0 heterocycles. The Morgan fingerprint density at radius 1 is 1.21 bits per heavy atom. The largest absolute Gasteiger partial charge is 0.392 e. The fraction of sp³-hybridized carbons (Fsp3) is 0.840. The number of hydrogen-bond acceptors (Lipinski definition) is 3. The summed E-state index contributed by atoms with van der Waals surface area (Å²) in [5, 5.41) is 20.9.